The Hall–Kier alpha value is -2.01. The van der Waals surface area contributed by atoms with Crippen LogP contribution in [0.4, 0.5) is 0 Å². The lowest BCUT2D eigenvalue weighted by Crippen LogP contribution is -2.47. The summed E-state index contributed by atoms with van der Waals surface area (Å²) in [6.45, 7) is 4.66. The van der Waals surface area contributed by atoms with E-state index in [1.807, 2.05) is 31.2 Å². The van der Waals surface area contributed by atoms with E-state index in [0.717, 1.165) is 29.0 Å². The molecular formula is C14H16N4O. The molecule has 2 aromatic rings. The third-order valence-corrected chi connectivity index (χ3v) is 3.33. The fraction of sp³-hybridized carbons (Fsp3) is 0.357. The number of aromatic nitrogens is 2. The van der Waals surface area contributed by atoms with Gasteiger partial charge in [-0.2, -0.15) is 0 Å². The Morgan fingerprint density at radius 3 is 2.74 bits per heavy atom. The normalized spacial score (nSPS) is 16.6. The van der Waals surface area contributed by atoms with Crippen LogP contribution in [0.15, 0.2) is 24.3 Å². The van der Waals surface area contributed by atoms with E-state index in [1.54, 1.807) is 0 Å². The first kappa shape index (κ1) is 12.0. The highest BCUT2D eigenvalue weighted by atomic mass is 16.2. The molecule has 5 heteroatoms. The van der Waals surface area contributed by atoms with Gasteiger partial charge in [0.25, 0.3) is 0 Å². The third kappa shape index (κ3) is 2.56. The van der Waals surface area contributed by atoms with E-state index >= 15 is 0 Å². The monoisotopic (exact) mass is 256 g/mol. The third-order valence-electron chi connectivity index (χ3n) is 3.33. The maximum Gasteiger partial charge on any atom is 0.234 e. The number of hydrogen-bond acceptors (Lipinski definition) is 4. The minimum Gasteiger partial charge on any atom is -0.354 e. The van der Waals surface area contributed by atoms with E-state index in [2.05, 4.69) is 20.2 Å². The molecule has 0 aliphatic carbocycles. The van der Waals surface area contributed by atoms with Crippen molar-refractivity contribution < 1.29 is 4.79 Å². The van der Waals surface area contributed by atoms with Gasteiger partial charge >= 0.3 is 0 Å². The van der Waals surface area contributed by atoms with Gasteiger partial charge in [0.1, 0.15) is 0 Å². The number of rotatable bonds is 2. The van der Waals surface area contributed by atoms with Crippen LogP contribution in [0, 0.1) is 6.92 Å². The number of benzene rings is 1. The Kier molecular flexibility index (Phi) is 3.13. The van der Waals surface area contributed by atoms with Crippen molar-refractivity contribution in [3.8, 4) is 0 Å². The van der Waals surface area contributed by atoms with Crippen LogP contribution in [0.5, 0.6) is 0 Å². The number of para-hydroxylation sites is 2. The van der Waals surface area contributed by atoms with Gasteiger partial charge in [0, 0.05) is 19.6 Å². The van der Waals surface area contributed by atoms with Crippen molar-refractivity contribution in [2.45, 2.75) is 13.5 Å². The molecule has 1 aromatic heterocycles. The zero-order valence-corrected chi connectivity index (χ0v) is 10.9. The molecule has 3 rings (SSSR count). The molecule has 1 fully saturated rings. The quantitative estimate of drug-likeness (QED) is 0.866. The number of amides is 1. The molecule has 0 saturated carbocycles. The summed E-state index contributed by atoms with van der Waals surface area (Å²) >= 11 is 0. The molecule has 0 bridgehead atoms. The molecule has 1 amide bonds. The first-order valence-electron chi connectivity index (χ1n) is 6.44. The molecule has 1 aliphatic rings. The minimum absolute atomic E-state index is 0.0812. The van der Waals surface area contributed by atoms with E-state index in [1.165, 1.54) is 0 Å². The lowest BCUT2D eigenvalue weighted by atomic mass is 10.2. The van der Waals surface area contributed by atoms with Crippen LogP contribution >= 0.6 is 0 Å². The summed E-state index contributed by atoms with van der Waals surface area (Å²) in [5.41, 5.74) is 3.71. The molecule has 0 atom stereocenters. The molecule has 98 valence electrons. The van der Waals surface area contributed by atoms with Crippen LogP contribution < -0.4 is 5.32 Å². The van der Waals surface area contributed by atoms with Gasteiger partial charge in [0.05, 0.1) is 29.0 Å². The van der Waals surface area contributed by atoms with E-state index in [4.69, 9.17) is 0 Å². The Morgan fingerprint density at radius 2 is 2.00 bits per heavy atom. The van der Waals surface area contributed by atoms with Crippen molar-refractivity contribution >= 4 is 16.9 Å². The van der Waals surface area contributed by atoms with Crippen LogP contribution in [0.1, 0.15) is 11.4 Å². The smallest absolute Gasteiger partial charge is 0.234 e. The van der Waals surface area contributed by atoms with Crippen LogP contribution in [0.25, 0.3) is 11.0 Å². The predicted molar refractivity (Wildman–Crippen MR) is 72.6 cm³/mol. The first-order valence-corrected chi connectivity index (χ1v) is 6.44. The number of piperazine rings is 1. The summed E-state index contributed by atoms with van der Waals surface area (Å²) in [5, 5.41) is 2.83. The fourth-order valence-electron chi connectivity index (χ4n) is 2.31. The maximum atomic E-state index is 11.4. The Bertz CT molecular complexity index is 626. The molecular weight excluding hydrogens is 240 g/mol. The zero-order chi connectivity index (χ0) is 13.2. The molecule has 1 saturated heterocycles. The van der Waals surface area contributed by atoms with Gasteiger partial charge in [-0.25, -0.2) is 9.97 Å². The largest absolute Gasteiger partial charge is 0.354 e. The van der Waals surface area contributed by atoms with Crippen molar-refractivity contribution in [1.29, 1.82) is 0 Å². The molecule has 1 aromatic carbocycles. The van der Waals surface area contributed by atoms with Gasteiger partial charge in [-0.15, -0.1) is 0 Å². The number of aryl methyl sites for hydroxylation is 1. The van der Waals surface area contributed by atoms with Crippen molar-refractivity contribution in [1.82, 2.24) is 20.2 Å². The number of hydrogen-bond donors (Lipinski definition) is 1. The summed E-state index contributed by atoms with van der Waals surface area (Å²) in [7, 11) is 0. The second-order valence-electron chi connectivity index (χ2n) is 4.81. The molecule has 0 spiro atoms. The average molecular weight is 256 g/mol. The first-order chi connectivity index (χ1) is 9.22. The average Bonchev–Trinajstić information content (AvgIpc) is 2.40. The molecule has 2 heterocycles. The minimum atomic E-state index is 0.0812. The fourth-order valence-corrected chi connectivity index (χ4v) is 2.31. The lowest BCUT2D eigenvalue weighted by Gasteiger charge is -2.26. The molecule has 0 unspecified atom stereocenters. The summed E-state index contributed by atoms with van der Waals surface area (Å²) < 4.78 is 0. The van der Waals surface area contributed by atoms with E-state index < -0.39 is 0 Å². The van der Waals surface area contributed by atoms with Crippen molar-refractivity contribution in [2.75, 3.05) is 19.6 Å². The maximum absolute atomic E-state index is 11.4. The second-order valence-corrected chi connectivity index (χ2v) is 4.81. The van der Waals surface area contributed by atoms with Gasteiger partial charge in [0.15, 0.2) is 0 Å². The highest BCUT2D eigenvalue weighted by Crippen LogP contribution is 2.14. The van der Waals surface area contributed by atoms with Crippen molar-refractivity contribution in [2.24, 2.45) is 0 Å². The van der Waals surface area contributed by atoms with Gasteiger partial charge < -0.3 is 5.32 Å². The molecule has 5 nitrogen and oxygen atoms in total. The van der Waals surface area contributed by atoms with Crippen LogP contribution in [0.2, 0.25) is 0 Å². The van der Waals surface area contributed by atoms with Crippen molar-refractivity contribution in [3.05, 3.63) is 35.7 Å². The lowest BCUT2D eigenvalue weighted by molar-refractivity contribution is -0.124. The van der Waals surface area contributed by atoms with E-state index in [-0.39, 0.29) is 5.91 Å². The highest BCUT2D eigenvalue weighted by Gasteiger charge is 2.17. The summed E-state index contributed by atoms with van der Waals surface area (Å²) in [6, 6.07) is 7.86. The summed E-state index contributed by atoms with van der Waals surface area (Å²) in [5.74, 6) is 0.0812. The second kappa shape index (κ2) is 4.93. The Morgan fingerprint density at radius 1 is 1.26 bits per heavy atom. The number of carbonyl (C=O) groups excluding carboxylic acids is 1. The molecule has 19 heavy (non-hydrogen) atoms. The van der Waals surface area contributed by atoms with Crippen LogP contribution in [-0.2, 0) is 11.3 Å². The van der Waals surface area contributed by atoms with Crippen LogP contribution in [0.3, 0.4) is 0 Å². The highest BCUT2D eigenvalue weighted by molar-refractivity contribution is 5.78. The Labute approximate surface area is 111 Å². The number of nitrogens with zero attached hydrogens (tertiary/aromatic N) is 3. The molecule has 1 aliphatic heterocycles. The summed E-state index contributed by atoms with van der Waals surface area (Å²) in [4.78, 5) is 22.7. The topological polar surface area (TPSA) is 58.1 Å². The molecule has 1 N–H and O–H groups in total. The summed E-state index contributed by atoms with van der Waals surface area (Å²) in [6.07, 6.45) is 0. The number of nitrogens with one attached hydrogen (secondary N) is 1. The number of carbonyl (C=O) groups is 1. The van der Waals surface area contributed by atoms with Gasteiger partial charge in [-0.1, -0.05) is 12.1 Å². The van der Waals surface area contributed by atoms with Gasteiger partial charge in [0.2, 0.25) is 5.91 Å². The van der Waals surface area contributed by atoms with Gasteiger partial charge in [-0.05, 0) is 19.1 Å². The zero-order valence-electron chi connectivity index (χ0n) is 10.9. The molecule has 0 radical (unpaired) electrons. The Balaban J connectivity index is 1.87. The van der Waals surface area contributed by atoms with Gasteiger partial charge in [-0.3, -0.25) is 9.69 Å². The SMILES string of the molecule is Cc1nc2ccccc2nc1CN1CCNC(=O)C1. The van der Waals surface area contributed by atoms with E-state index in [0.29, 0.717) is 19.6 Å². The predicted octanol–water partition coefficient (Wildman–Crippen LogP) is 0.870. The standard InChI is InChI=1S/C14H16N4O/c1-10-13(8-18-7-6-15-14(19)9-18)17-12-5-3-2-4-11(12)16-10/h2-5H,6-9H2,1H3,(H,15,19). The van der Waals surface area contributed by atoms with Crippen molar-refractivity contribution in [3.63, 3.8) is 0 Å². The number of fused-ring (bicyclic) bond motifs is 1. The van der Waals surface area contributed by atoms with E-state index in [9.17, 15) is 4.79 Å². The van der Waals surface area contributed by atoms with Crippen LogP contribution in [-0.4, -0.2) is 40.4 Å².